The fourth-order valence-electron chi connectivity index (χ4n) is 2.30. The Labute approximate surface area is 152 Å². The summed E-state index contributed by atoms with van der Waals surface area (Å²) in [4.78, 5) is 26.1. The van der Waals surface area contributed by atoms with Gasteiger partial charge in [0.15, 0.2) is 6.10 Å². The summed E-state index contributed by atoms with van der Waals surface area (Å²) < 4.78 is 18.0. The van der Waals surface area contributed by atoms with Gasteiger partial charge in [-0.25, -0.2) is 9.18 Å². The highest BCUT2D eigenvalue weighted by atomic mass is 19.1. The number of benzene rings is 2. The average Bonchev–Trinajstić information content (AvgIpc) is 2.63. The maximum atomic E-state index is 12.8. The van der Waals surface area contributed by atoms with Gasteiger partial charge in [-0.2, -0.15) is 0 Å². The topological polar surface area (TPSA) is 58.6 Å². The van der Waals surface area contributed by atoms with E-state index in [-0.39, 0.29) is 11.7 Å². The molecule has 0 bridgehead atoms. The van der Waals surface area contributed by atoms with E-state index in [2.05, 4.69) is 5.32 Å². The summed E-state index contributed by atoms with van der Waals surface area (Å²) in [5.41, 5.74) is 2.27. The number of ether oxygens (including phenoxy) is 1. The molecule has 26 heavy (non-hydrogen) atoms. The van der Waals surface area contributed by atoms with Crippen LogP contribution in [0.2, 0.25) is 0 Å². The van der Waals surface area contributed by atoms with Crippen LogP contribution in [0.3, 0.4) is 0 Å². The SMILES string of the molecule is C[C@@H](OC(=O)c1ccc(N(C)C)cc1)C(=O)NCCc1ccc(F)cc1. The van der Waals surface area contributed by atoms with Crippen molar-refractivity contribution < 1.29 is 18.7 Å². The molecule has 0 aliphatic rings. The van der Waals surface area contributed by atoms with Crippen LogP contribution in [0.4, 0.5) is 10.1 Å². The van der Waals surface area contributed by atoms with Gasteiger partial charge in [0.2, 0.25) is 0 Å². The van der Waals surface area contributed by atoms with E-state index < -0.39 is 12.1 Å². The van der Waals surface area contributed by atoms with Crippen LogP contribution in [0.5, 0.6) is 0 Å². The lowest BCUT2D eigenvalue weighted by Gasteiger charge is -2.15. The van der Waals surface area contributed by atoms with Crippen molar-refractivity contribution in [1.82, 2.24) is 5.32 Å². The predicted octanol–water partition coefficient (Wildman–Crippen LogP) is 2.80. The third-order valence-corrected chi connectivity index (χ3v) is 3.90. The molecule has 0 aromatic heterocycles. The second-order valence-corrected chi connectivity index (χ2v) is 6.16. The molecule has 2 aromatic carbocycles. The van der Waals surface area contributed by atoms with Gasteiger partial charge in [0, 0.05) is 26.3 Å². The van der Waals surface area contributed by atoms with E-state index in [0.29, 0.717) is 18.5 Å². The van der Waals surface area contributed by atoms with Crippen LogP contribution in [0.1, 0.15) is 22.8 Å². The highest BCUT2D eigenvalue weighted by molar-refractivity contribution is 5.92. The molecule has 0 saturated carbocycles. The summed E-state index contributed by atoms with van der Waals surface area (Å²) in [5, 5.41) is 2.71. The van der Waals surface area contributed by atoms with Gasteiger partial charge in [-0.05, 0) is 55.3 Å². The number of halogens is 1. The van der Waals surface area contributed by atoms with Crippen LogP contribution >= 0.6 is 0 Å². The van der Waals surface area contributed by atoms with Gasteiger partial charge < -0.3 is 15.0 Å². The van der Waals surface area contributed by atoms with Gasteiger partial charge in [-0.1, -0.05) is 12.1 Å². The second-order valence-electron chi connectivity index (χ2n) is 6.16. The van der Waals surface area contributed by atoms with Crippen molar-refractivity contribution in [3.63, 3.8) is 0 Å². The number of nitrogens with zero attached hydrogens (tertiary/aromatic N) is 1. The van der Waals surface area contributed by atoms with Gasteiger partial charge in [0.1, 0.15) is 5.82 Å². The van der Waals surface area contributed by atoms with Crippen LogP contribution in [0.15, 0.2) is 48.5 Å². The number of carbonyl (C=O) groups is 2. The van der Waals surface area contributed by atoms with Crippen molar-refractivity contribution in [3.05, 3.63) is 65.5 Å². The Balaban J connectivity index is 1.80. The van der Waals surface area contributed by atoms with Crippen molar-refractivity contribution in [2.24, 2.45) is 0 Å². The minimum Gasteiger partial charge on any atom is -0.449 e. The minimum atomic E-state index is -0.899. The average molecular weight is 358 g/mol. The summed E-state index contributed by atoms with van der Waals surface area (Å²) in [6.45, 7) is 1.91. The second kappa shape index (κ2) is 8.99. The maximum absolute atomic E-state index is 12.8. The molecular weight excluding hydrogens is 335 g/mol. The lowest BCUT2D eigenvalue weighted by Crippen LogP contribution is -2.36. The van der Waals surface area contributed by atoms with Crippen molar-refractivity contribution in [2.75, 3.05) is 25.5 Å². The Morgan fingerprint density at radius 2 is 1.69 bits per heavy atom. The summed E-state index contributed by atoms with van der Waals surface area (Å²) in [5.74, 6) is -1.21. The fraction of sp³-hybridized carbons (Fsp3) is 0.300. The molecule has 0 aliphatic carbocycles. The molecule has 6 heteroatoms. The van der Waals surface area contributed by atoms with Gasteiger partial charge in [-0.3, -0.25) is 4.79 Å². The number of esters is 1. The molecule has 2 aromatic rings. The van der Waals surface area contributed by atoms with Crippen LogP contribution in [0.25, 0.3) is 0 Å². The molecule has 0 heterocycles. The van der Waals surface area contributed by atoms with Crippen molar-refractivity contribution in [2.45, 2.75) is 19.4 Å². The smallest absolute Gasteiger partial charge is 0.338 e. The molecule has 138 valence electrons. The quantitative estimate of drug-likeness (QED) is 0.774. The Hall–Kier alpha value is -2.89. The molecule has 0 aliphatic heterocycles. The molecule has 0 fully saturated rings. The Morgan fingerprint density at radius 3 is 2.27 bits per heavy atom. The number of hydrogen-bond donors (Lipinski definition) is 1. The summed E-state index contributed by atoms with van der Waals surface area (Å²) in [7, 11) is 3.82. The Kier molecular flexibility index (Phi) is 6.72. The van der Waals surface area contributed by atoms with Crippen molar-refractivity contribution in [3.8, 4) is 0 Å². The summed E-state index contributed by atoms with van der Waals surface area (Å²) in [6, 6.07) is 13.0. The van der Waals surface area contributed by atoms with Gasteiger partial charge in [0.25, 0.3) is 5.91 Å². The van der Waals surface area contributed by atoms with Gasteiger partial charge in [0.05, 0.1) is 5.56 Å². The zero-order valence-electron chi connectivity index (χ0n) is 15.2. The van der Waals surface area contributed by atoms with Crippen molar-refractivity contribution >= 4 is 17.6 Å². The Morgan fingerprint density at radius 1 is 1.08 bits per heavy atom. The van der Waals surface area contributed by atoms with E-state index in [4.69, 9.17) is 4.74 Å². The van der Waals surface area contributed by atoms with E-state index in [1.54, 1.807) is 24.3 Å². The predicted molar refractivity (Wildman–Crippen MR) is 98.8 cm³/mol. The number of carbonyl (C=O) groups excluding carboxylic acids is 2. The largest absolute Gasteiger partial charge is 0.449 e. The number of nitrogens with one attached hydrogen (secondary N) is 1. The van der Waals surface area contributed by atoms with E-state index in [1.807, 2.05) is 31.1 Å². The number of anilines is 1. The first-order valence-electron chi connectivity index (χ1n) is 8.37. The summed E-state index contributed by atoms with van der Waals surface area (Å²) >= 11 is 0. The van der Waals surface area contributed by atoms with E-state index >= 15 is 0 Å². The maximum Gasteiger partial charge on any atom is 0.338 e. The number of rotatable bonds is 7. The molecule has 1 N–H and O–H groups in total. The molecule has 0 spiro atoms. The molecule has 0 saturated heterocycles. The molecule has 2 rings (SSSR count). The monoisotopic (exact) mass is 358 g/mol. The normalized spacial score (nSPS) is 11.5. The van der Waals surface area contributed by atoms with Crippen LogP contribution < -0.4 is 10.2 Å². The molecular formula is C20H23FN2O3. The lowest BCUT2D eigenvalue weighted by molar-refractivity contribution is -0.129. The summed E-state index contributed by atoms with van der Waals surface area (Å²) in [6.07, 6.45) is -0.331. The molecule has 0 radical (unpaired) electrons. The van der Waals surface area contributed by atoms with Gasteiger partial charge >= 0.3 is 5.97 Å². The van der Waals surface area contributed by atoms with Crippen LogP contribution in [-0.2, 0) is 16.0 Å². The number of hydrogen-bond acceptors (Lipinski definition) is 4. The standard InChI is InChI=1S/C20H23FN2O3/c1-14(19(24)22-13-12-15-4-8-17(21)9-5-15)26-20(25)16-6-10-18(11-7-16)23(2)3/h4-11,14H,12-13H2,1-3H3,(H,22,24)/t14-/m1/s1. The van der Waals surface area contributed by atoms with E-state index in [9.17, 15) is 14.0 Å². The van der Waals surface area contributed by atoms with Crippen LogP contribution in [-0.4, -0.2) is 38.6 Å². The minimum absolute atomic E-state index is 0.295. The number of amides is 1. The van der Waals surface area contributed by atoms with Crippen molar-refractivity contribution in [1.29, 1.82) is 0 Å². The highest BCUT2D eigenvalue weighted by Crippen LogP contribution is 2.13. The zero-order valence-corrected chi connectivity index (χ0v) is 15.2. The molecule has 5 nitrogen and oxygen atoms in total. The first kappa shape index (κ1) is 19.4. The molecule has 1 amide bonds. The van der Waals surface area contributed by atoms with Gasteiger partial charge in [-0.15, -0.1) is 0 Å². The van der Waals surface area contributed by atoms with E-state index in [1.165, 1.54) is 19.1 Å². The zero-order chi connectivity index (χ0) is 19.1. The highest BCUT2D eigenvalue weighted by Gasteiger charge is 2.18. The molecule has 1 atom stereocenters. The van der Waals surface area contributed by atoms with Crippen LogP contribution in [0, 0.1) is 5.82 Å². The lowest BCUT2D eigenvalue weighted by atomic mass is 10.1. The van der Waals surface area contributed by atoms with E-state index in [0.717, 1.165) is 11.3 Å². The third-order valence-electron chi connectivity index (χ3n) is 3.90. The molecule has 0 unspecified atom stereocenters. The fourth-order valence-corrected chi connectivity index (χ4v) is 2.30. The first-order chi connectivity index (χ1) is 12.4. The Bertz CT molecular complexity index is 743. The third kappa shape index (κ3) is 5.58. The first-order valence-corrected chi connectivity index (χ1v) is 8.37.